The first-order valence-electron chi connectivity index (χ1n) is 10.4. The van der Waals surface area contributed by atoms with Crippen molar-refractivity contribution in [3.8, 4) is 11.5 Å². The van der Waals surface area contributed by atoms with E-state index < -0.39 is 0 Å². The van der Waals surface area contributed by atoms with Crippen LogP contribution in [0.2, 0.25) is 0 Å². The van der Waals surface area contributed by atoms with E-state index in [0.29, 0.717) is 34.2 Å². The number of para-hydroxylation sites is 1. The second-order valence-electron chi connectivity index (χ2n) is 7.76. The zero-order chi connectivity index (χ0) is 21.2. The molecule has 0 spiro atoms. The van der Waals surface area contributed by atoms with Gasteiger partial charge in [0.1, 0.15) is 6.26 Å². The lowest BCUT2D eigenvalue weighted by atomic mass is 10.1. The van der Waals surface area contributed by atoms with Crippen molar-refractivity contribution in [1.82, 2.24) is 14.5 Å². The predicted octanol–water partition coefficient (Wildman–Crippen LogP) is 4.83. The summed E-state index contributed by atoms with van der Waals surface area (Å²) in [6, 6.07) is 15.6. The minimum Gasteiger partial charge on any atom is -0.444 e. The molecule has 158 valence electrons. The number of aryl methyl sites for hydroxylation is 1. The third kappa shape index (κ3) is 4.29. The lowest BCUT2D eigenvalue weighted by Gasteiger charge is -2.16. The molecule has 0 saturated carbocycles. The molecule has 31 heavy (non-hydrogen) atoms. The number of hydrogen-bond acceptors (Lipinski definition) is 6. The Bertz CT molecular complexity index is 1260. The fourth-order valence-electron chi connectivity index (χ4n) is 3.75. The first-order chi connectivity index (χ1) is 15.2. The highest BCUT2D eigenvalue weighted by Gasteiger charge is 2.20. The third-order valence-electron chi connectivity index (χ3n) is 5.44. The SMILES string of the molecule is Cc1ccc(-c2nc(CSc3nc4ccccc4c(=O)n3CC3CCCO3)co2)cc1. The van der Waals surface area contributed by atoms with Crippen LogP contribution in [-0.2, 0) is 17.0 Å². The van der Waals surface area contributed by atoms with Crippen LogP contribution in [0.4, 0.5) is 0 Å². The fraction of sp³-hybridized carbons (Fsp3) is 0.292. The van der Waals surface area contributed by atoms with E-state index in [1.54, 1.807) is 10.8 Å². The molecule has 6 nitrogen and oxygen atoms in total. The quantitative estimate of drug-likeness (QED) is 0.320. The summed E-state index contributed by atoms with van der Waals surface area (Å²) in [4.78, 5) is 22.6. The molecule has 2 aromatic carbocycles. The number of oxazole rings is 1. The Balaban J connectivity index is 1.41. The maximum absolute atomic E-state index is 13.2. The zero-order valence-electron chi connectivity index (χ0n) is 17.3. The molecular weight excluding hydrogens is 410 g/mol. The molecule has 4 aromatic rings. The van der Waals surface area contributed by atoms with Crippen molar-refractivity contribution in [1.29, 1.82) is 0 Å². The lowest BCUT2D eigenvalue weighted by Crippen LogP contribution is -2.28. The van der Waals surface area contributed by atoms with Crippen LogP contribution in [0.3, 0.4) is 0 Å². The predicted molar refractivity (Wildman–Crippen MR) is 121 cm³/mol. The Kier molecular flexibility index (Phi) is 5.61. The Labute approximate surface area is 184 Å². The number of nitrogens with zero attached hydrogens (tertiary/aromatic N) is 3. The van der Waals surface area contributed by atoms with Crippen molar-refractivity contribution in [3.63, 3.8) is 0 Å². The van der Waals surface area contributed by atoms with Crippen LogP contribution in [0.15, 0.2) is 69.2 Å². The molecule has 1 aliphatic heterocycles. The molecule has 2 aromatic heterocycles. The van der Waals surface area contributed by atoms with Gasteiger partial charge in [-0.3, -0.25) is 9.36 Å². The van der Waals surface area contributed by atoms with Crippen LogP contribution in [-0.4, -0.2) is 27.2 Å². The van der Waals surface area contributed by atoms with Gasteiger partial charge >= 0.3 is 0 Å². The summed E-state index contributed by atoms with van der Waals surface area (Å²) in [6.45, 7) is 3.32. The van der Waals surface area contributed by atoms with E-state index in [1.165, 1.54) is 17.3 Å². The molecule has 1 atom stereocenters. The van der Waals surface area contributed by atoms with Crippen LogP contribution < -0.4 is 5.56 Å². The van der Waals surface area contributed by atoms with Gasteiger partial charge in [-0.1, -0.05) is 41.6 Å². The highest BCUT2D eigenvalue weighted by molar-refractivity contribution is 7.98. The van der Waals surface area contributed by atoms with Gasteiger partial charge in [0.05, 0.1) is 29.2 Å². The molecule has 0 amide bonds. The highest BCUT2D eigenvalue weighted by atomic mass is 32.2. The molecule has 1 fully saturated rings. The summed E-state index contributed by atoms with van der Waals surface area (Å²) in [5.74, 6) is 1.16. The molecule has 0 bridgehead atoms. The summed E-state index contributed by atoms with van der Waals surface area (Å²) < 4.78 is 13.2. The van der Waals surface area contributed by atoms with Crippen LogP contribution >= 0.6 is 11.8 Å². The molecule has 1 unspecified atom stereocenters. The summed E-state index contributed by atoms with van der Waals surface area (Å²) >= 11 is 1.50. The standard InChI is InChI=1S/C24H23N3O3S/c1-16-8-10-17(11-9-16)22-25-18(14-30-22)15-31-24-26-21-7-3-2-6-20(21)23(28)27(24)13-19-5-4-12-29-19/h2-3,6-11,14,19H,4-5,12-13,15H2,1H3. The second-order valence-corrected chi connectivity index (χ2v) is 8.70. The minimum atomic E-state index is -0.0240. The van der Waals surface area contributed by atoms with Crippen LogP contribution in [0.1, 0.15) is 24.1 Å². The van der Waals surface area contributed by atoms with Gasteiger partial charge < -0.3 is 9.15 Å². The molecule has 7 heteroatoms. The minimum absolute atomic E-state index is 0.0240. The van der Waals surface area contributed by atoms with Crippen LogP contribution in [0.5, 0.6) is 0 Å². The second kappa shape index (κ2) is 8.69. The Morgan fingerprint density at radius 3 is 2.77 bits per heavy atom. The fourth-order valence-corrected chi connectivity index (χ4v) is 4.64. The van der Waals surface area contributed by atoms with Crippen molar-refractivity contribution in [3.05, 3.63) is 76.4 Å². The summed E-state index contributed by atoms with van der Waals surface area (Å²) in [5, 5.41) is 1.31. The van der Waals surface area contributed by atoms with Crippen molar-refractivity contribution in [2.45, 2.75) is 43.3 Å². The Morgan fingerprint density at radius 1 is 1.13 bits per heavy atom. The van der Waals surface area contributed by atoms with Crippen molar-refractivity contribution in [2.24, 2.45) is 0 Å². The first-order valence-corrected chi connectivity index (χ1v) is 11.4. The monoisotopic (exact) mass is 433 g/mol. The van der Waals surface area contributed by atoms with E-state index in [2.05, 4.69) is 4.98 Å². The van der Waals surface area contributed by atoms with Gasteiger partial charge in [-0.2, -0.15) is 0 Å². The molecule has 3 heterocycles. The molecular formula is C24H23N3O3S. The maximum atomic E-state index is 13.2. The number of fused-ring (bicyclic) bond motifs is 1. The number of aromatic nitrogens is 3. The van der Waals surface area contributed by atoms with Gasteiger partial charge in [-0.25, -0.2) is 9.97 Å². The largest absolute Gasteiger partial charge is 0.444 e. The molecule has 5 rings (SSSR count). The number of benzene rings is 2. The van der Waals surface area contributed by atoms with Gasteiger partial charge in [0.25, 0.3) is 5.56 Å². The number of hydrogen-bond donors (Lipinski definition) is 0. The van der Waals surface area contributed by atoms with Crippen molar-refractivity contribution < 1.29 is 9.15 Å². The number of rotatable bonds is 6. The maximum Gasteiger partial charge on any atom is 0.262 e. The van der Waals surface area contributed by atoms with Gasteiger partial charge in [0.2, 0.25) is 5.89 Å². The van der Waals surface area contributed by atoms with Crippen molar-refractivity contribution >= 4 is 22.7 Å². The summed E-state index contributed by atoms with van der Waals surface area (Å²) in [5.41, 5.74) is 3.63. The molecule has 1 aliphatic rings. The van der Waals surface area contributed by atoms with E-state index in [0.717, 1.165) is 30.7 Å². The molecule has 1 saturated heterocycles. The van der Waals surface area contributed by atoms with E-state index in [-0.39, 0.29) is 11.7 Å². The van der Waals surface area contributed by atoms with Crippen molar-refractivity contribution in [2.75, 3.05) is 6.61 Å². The van der Waals surface area contributed by atoms with E-state index in [1.807, 2.05) is 55.5 Å². The average molecular weight is 434 g/mol. The van der Waals surface area contributed by atoms with Gasteiger partial charge in [0, 0.05) is 17.9 Å². The summed E-state index contributed by atoms with van der Waals surface area (Å²) in [7, 11) is 0. The normalized spacial score (nSPS) is 16.2. The van der Waals surface area contributed by atoms with Gasteiger partial charge in [-0.15, -0.1) is 0 Å². The topological polar surface area (TPSA) is 70.2 Å². The summed E-state index contributed by atoms with van der Waals surface area (Å²) in [6.07, 6.45) is 3.72. The molecule has 0 N–H and O–H groups in total. The molecule has 0 aliphatic carbocycles. The average Bonchev–Trinajstić information content (AvgIpc) is 3.47. The van der Waals surface area contributed by atoms with E-state index in [4.69, 9.17) is 14.1 Å². The van der Waals surface area contributed by atoms with Gasteiger partial charge in [-0.05, 0) is 44.0 Å². The number of thioether (sulfide) groups is 1. The van der Waals surface area contributed by atoms with E-state index in [9.17, 15) is 4.79 Å². The Hall–Kier alpha value is -2.90. The Morgan fingerprint density at radius 2 is 1.97 bits per heavy atom. The van der Waals surface area contributed by atoms with Crippen LogP contribution in [0.25, 0.3) is 22.4 Å². The lowest BCUT2D eigenvalue weighted by molar-refractivity contribution is 0.0937. The van der Waals surface area contributed by atoms with E-state index >= 15 is 0 Å². The van der Waals surface area contributed by atoms with Gasteiger partial charge in [0.15, 0.2) is 5.16 Å². The smallest absolute Gasteiger partial charge is 0.262 e. The first kappa shape index (κ1) is 20.0. The van der Waals surface area contributed by atoms with Crippen LogP contribution in [0, 0.1) is 6.92 Å². The highest BCUT2D eigenvalue weighted by Crippen LogP contribution is 2.26. The molecule has 0 radical (unpaired) electrons. The zero-order valence-corrected chi connectivity index (χ0v) is 18.1. The third-order valence-corrected chi connectivity index (χ3v) is 6.45. The number of ether oxygens (including phenoxy) is 1.